The van der Waals surface area contributed by atoms with Crippen LogP contribution in [0.1, 0.15) is 24.0 Å². The third-order valence-electron chi connectivity index (χ3n) is 5.52. The predicted molar refractivity (Wildman–Crippen MR) is 108 cm³/mol. The van der Waals surface area contributed by atoms with Gasteiger partial charge in [0.25, 0.3) is 5.91 Å². The van der Waals surface area contributed by atoms with Crippen LogP contribution in [0.25, 0.3) is 0 Å². The van der Waals surface area contributed by atoms with Gasteiger partial charge in [0.2, 0.25) is 0 Å². The number of nitrogens with zero attached hydrogens (tertiary/aromatic N) is 2. The van der Waals surface area contributed by atoms with Gasteiger partial charge in [-0.05, 0) is 42.5 Å². The second-order valence-electron chi connectivity index (χ2n) is 7.61. The predicted octanol–water partition coefficient (Wildman–Crippen LogP) is 3.62. The van der Waals surface area contributed by atoms with E-state index in [1.165, 1.54) is 15.4 Å². The molecule has 0 aliphatic carbocycles. The number of rotatable bonds is 8. The van der Waals surface area contributed by atoms with Crippen molar-refractivity contribution in [2.24, 2.45) is 0 Å². The molecule has 0 radical (unpaired) electrons. The van der Waals surface area contributed by atoms with E-state index in [0.29, 0.717) is 19.6 Å². The van der Waals surface area contributed by atoms with Crippen molar-refractivity contribution < 1.29 is 18.7 Å². The fourth-order valence-corrected chi connectivity index (χ4v) is 4.01. The van der Waals surface area contributed by atoms with E-state index >= 15 is 0 Å². The molecule has 4 rings (SSSR count). The number of benzene rings is 2. The summed E-state index contributed by atoms with van der Waals surface area (Å²) in [5.41, 5.74) is 2.30. The zero-order chi connectivity index (χ0) is 20.2. The molecule has 0 aromatic heterocycles. The molecule has 2 fully saturated rings. The first kappa shape index (κ1) is 19.4. The lowest BCUT2D eigenvalue weighted by Gasteiger charge is -2.16. The number of halogens is 1. The van der Waals surface area contributed by atoms with E-state index in [9.17, 15) is 14.0 Å². The Hall–Kier alpha value is -2.89. The molecule has 0 bridgehead atoms. The van der Waals surface area contributed by atoms with Crippen molar-refractivity contribution in [1.29, 1.82) is 0 Å². The van der Waals surface area contributed by atoms with Gasteiger partial charge in [0.05, 0.1) is 13.2 Å². The van der Waals surface area contributed by atoms with Crippen LogP contribution in [-0.2, 0) is 17.6 Å². The van der Waals surface area contributed by atoms with Gasteiger partial charge in [-0.3, -0.25) is 9.69 Å². The Labute approximate surface area is 170 Å². The number of aryl methyl sites for hydroxylation is 1. The van der Waals surface area contributed by atoms with Crippen LogP contribution in [0.2, 0.25) is 0 Å². The Kier molecular flexibility index (Phi) is 5.79. The Balaban J connectivity index is 1.26. The summed E-state index contributed by atoms with van der Waals surface area (Å²) in [6.45, 7) is 0.958. The summed E-state index contributed by atoms with van der Waals surface area (Å²) in [6, 6.07) is 17.1. The van der Waals surface area contributed by atoms with Crippen molar-refractivity contribution in [3.63, 3.8) is 0 Å². The average molecular weight is 396 g/mol. The Morgan fingerprint density at radius 3 is 2.59 bits per heavy atom. The summed E-state index contributed by atoms with van der Waals surface area (Å²) in [4.78, 5) is 27.4. The minimum Gasteiger partial charge on any atom is -0.494 e. The van der Waals surface area contributed by atoms with Crippen molar-refractivity contribution in [3.05, 3.63) is 65.7 Å². The van der Waals surface area contributed by atoms with Gasteiger partial charge in [-0.15, -0.1) is 0 Å². The first-order chi connectivity index (χ1) is 14.1. The number of carbonyl (C=O) groups excluding carboxylic acids is 2. The number of urea groups is 1. The fraction of sp³-hybridized carbons (Fsp3) is 0.391. The minimum atomic E-state index is -1.09. The van der Waals surface area contributed by atoms with Gasteiger partial charge in [-0.2, -0.15) is 0 Å². The number of fused-ring (bicyclic) bond motifs is 1. The van der Waals surface area contributed by atoms with Crippen LogP contribution in [0.3, 0.4) is 0 Å². The van der Waals surface area contributed by atoms with Crippen molar-refractivity contribution in [3.8, 4) is 5.75 Å². The standard InChI is InChI=1S/C23H25FN2O3/c24-19-15-21-22(27)25(23(28)26(21)16-19)12-11-18-8-4-10-20(14-18)29-13-5-9-17-6-2-1-3-7-17/h1-4,6-8,10,14,19,21H,5,9,11-13,15-16H2/t19-,21-/m0/s1. The highest BCUT2D eigenvalue weighted by Crippen LogP contribution is 2.29. The summed E-state index contributed by atoms with van der Waals surface area (Å²) >= 11 is 0. The summed E-state index contributed by atoms with van der Waals surface area (Å²) in [6.07, 6.45) is 1.48. The highest BCUT2D eigenvalue weighted by atomic mass is 19.1. The second kappa shape index (κ2) is 8.64. The second-order valence-corrected chi connectivity index (χ2v) is 7.61. The van der Waals surface area contributed by atoms with E-state index in [-0.39, 0.29) is 24.9 Å². The minimum absolute atomic E-state index is 0.0258. The zero-order valence-electron chi connectivity index (χ0n) is 16.3. The van der Waals surface area contributed by atoms with Crippen LogP contribution in [-0.4, -0.2) is 53.6 Å². The third kappa shape index (κ3) is 4.42. The monoisotopic (exact) mass is 396 g/mol. The normalized spacial score (nSPS) is 21.0. The summed E-state index contributed by atoms with van der Waals surface area (Å²) in [7, 11) is 0. The molecule has 6 heteroatoms. The van der Waals surface area contributed by atoms with Gasteiger partial charge in [0.15, 0.2) is 0 Å². The lowest BCUT2D eigenvalue weighted by atomic mass is 10.1. The lowest BCUT2D eigenvalue weighted by Crippen LogP contribution is -2.36. The maximum absolute atomic E-state index is 13.5. The summed E-state index contributed by atoms with van der Waals surface area (Å²) in [5.74, 6) is 0.513. The Morgan fingerprint density at radius 2 is 1.79 bits per heavy atom. The maximum Gasteiger partial charge on any atom is 0.327 e. The number of hydrogen-bond donors (Lipinski definition) is 0. The van der Waals surface area contributed by atoms with Gasteiger partial charge in [-0.25, -0.2) is 9.18 Å². The fourth-order valence-electron chi connectivity index (χ4n) is 4.01. The molecule has 2 heterocycles. The van der Waals surface area contributed by atoms with Gasteiger partial charge in [0.1, 0.15) is 18.0 Å². The quantitative estimate of drug-likeness (QED) is 0.506. The molecular weight excluding hydrogens is 371 g/mol. The van der Waals surface area contributed by atoms with Crippen LogP contribution in [0.4, 0.5) is 9.18 Å². The third-order valence-corrected chi connectivity index (χ3v) is 5.52. The van der Waals surface area contributed by atoms with Crippen molar-refractivity contribution >= 4 is 11.9 Å². The maximum atomic E-state index is 13.5. The molecule has 152 valence electrons. The van der Waals surface area contributed by atoms with Gasteiger partial charge >= 0.3 is 6.03 Å². The van der Waals surface area contributed by atoms with E-state index in [0.717, 1.165) is 24.2 Å². The highest BCUT2D eigenvalue weighted by molar-refractivity contribution is 6.04. The van der Waals surface area contributed by atoms with Crippen molar-refractivity contribution in [1.82, 2.24) is 9.80 Å². The first-order valence-corrected chi connectivity index (χ1v) is 10.1. The lowest BCUT2D eigenvalue weighted by molar-refractivity contribution is -0.128. The Bertz CT molecular complexity index is 849. The molecule has 5 nitrogen and oxygen atoms in total. The van der Waals surface area contributed by atoms with Gasteiger partial charge in [-0.1, -0.05) is 42.5 Å². The number of alkyl halides is 1. The van der Waals surface area contributed by atoms with Crippen LogP contribution < -0.4 is 4.74 Å². The molecule has 2 aromatic carbocycles. The van der Waals surface area contributed by atoms with Crippen LogP contribution in [0.15, 0.2) is 54.6 Å². The molecule has 0 unspecified atom stereocenters. The number of carbonyl (C=O) groups is 2. The SMILES string of the molecule is O=C1[C@@H]2C[C@H](F)CN2C(=O)N1CCc1cccc(OCCCc2ccccc2)c1. The largest absolute Gasteiger partial charge is 0.494 e. The van der Waals surface area contributed by atoms with Gasteiger partial charge in [0, 0.05) is 13.0 Å². The topological polar surface area (TPSA) is 49.9 Å². The number of hydrogen-bond acceptors (Lipinski definition) is 3. The zero-order valence-corrected chi connectivity index (χ0v) is 16.3. The smallest absolute Gasteiger partial charge is 0.327 e. The van der Waals surface area contributed by atoms with E-state index in [2.05, 4.69) is 12.1 Å². The molecular formula is C23H25FN2O3. The molecule has 29 heavy (non-hydrogen) atoms. The summed E-state index contributed by atoms with van der Waals surface area (Å²) < 4.78 is 19.3. The molecule has 2 atom stereocenters. The average Bonchev–Trinajstić information content (AvgIpc) is 3.22. The molecule has 2 aromatic rings. The molecule has 0 spiro atoms. The van der Waals surface area contributed by atoms with E-state index in [1.807, 2.05) is 42.5 Å². The molecule has 2 aliphatic heterocycles. The molecule has 3 amide bonds. The van der Waals surface area contributed by atoms with E-state index in [1.54, 1.807) is 0 Å². The van der Waals surface area contributed by atoms with Crippen molar-refractivity contribution in [2.45, 2.75) is 37.9 Å². The van der Waals surface area contributed by atoms with E-state index < -0.39 is 12.2 Å². The highest BCUT2D eigenvalue weighted by Gasteiger charge is 2.50. The molecule has 2 saturated heterocycles. The van der Waals surface area contributed by atoms with E-state index in [4.69, 9.17) is 4.74 Å². The molecule has 2 aliphatic rings. The van der Waals surface area contributed by atoms with Crippen molar-refractivity contribution in [2.75, 3.05) is 19.7 Å². The van der Waals surface area contributed by atoms with Crippen LogP contribution >= 0.6 is 0 Å². The Morgan fingerprint density at radius 1 is 1.00 bits per heavy atom. The number of imide groups is 1. The van der Waals surface area contributed by atoms with Crippen LogP contribution in [0, 0.1) is 0 Å². The number of ether oxygens (including phenoxy) is 1. The summed E-state index contributed by atoms with van der Waals surface area (Å²) in [5, 5.41) is 0. The molecule has 0 saturated carbocycles. The van der Waals surface area contributed by atoms with Gasteiger partial charge < -0.3 is 9.64 Å². The molecule has 0 N–H and O–H groups in total. The number of amides is 3. The first-order valence-electron chi connectivity index (χ1n) is 10.1. The van der Waals surface area contributed by atoms with Crippen LogP contribution in [0.5, 0.6) is 5.75 Å².